The Kier molecular flexibility index (Phi) is 11.8. The van der Waals surface area contributed by atoms with Crippen molar-refractivity contribution >= 4 is 34.8 Å². The predicted molar refractivity (Wildman–Crippen MR) is 163 cm³/mol. The summed E-state index contributed by atoms with van der Waals surface area (Å²) in [6.07, 6.45) is 0.849. The van der Waals surface area contributed by atoms with Gasteiger partial charge in [0.1, 0.15) is 5.75 Å². The van der Waals surface area contributed by atoms with Crippen LogP contribution in [0.2, 0.25) is 0 Å². The van der Waals surface area contributed by atoms with Crippen LogP contribution in [0.15, 0.2) is 42.5 Å². The maximum Gasteiger partial charge on any atom is 0.306 e. The zero-order valence-corrected chi connectivity index (χ0v) is 24.7. The molecule has 11 heteroatoms. The van der Waals surface area contributed by atoms with Crippen LogP contribution in [0.3, 0.4) is 0 Å². The van der Waals surface area contributed by atoms with Gasteiger partial charge in [-0.15, -0.1) is 0 Å². The third kappa shape index (κ3) is 8.83. The maximum atomic E-state index is 13.5. The number of morpholine rings is 1. The Morgan fingerprint density at radius 2 is 1.62 bits per heavy atom. The number of amides is 2. The second-order valence-electron chi connectivity index (χ2n) is 10.3. The first-order valence-corrected chi connectivity index (χ1v) is 14.8. The van der Waals surface area contributed by atoms with Crippen LogP contribution in [0, 0.1) is 0 Å². The van der Waals surface area contributed by atoms with Gasteiger partial charge in [-0.2, -0.15) is 0 Å². The van der Waals surface area contributed by atoms with Gasteiger partial charge in [-0.1, -0.05) is 12.1 Å². The largest absolute Gasteiger partial charge is 0.495 e. The number of anilines is 3. The molecule has 0 radical (unpaired) electrons. The minimum absolute atomic E-state index is 0.00468. The van der Waals surface area contributed by atoms with Crippen molar-refractivity contribution in [3.8, 4) is 5.75 Å². The molecule has 0 atom stereocenters. The molecule has 11 nitrogen and oxygen atoms in total. The van der Waals surface area contributed by atoms with Crippen molar-refractivity contribution in [3.05, 3.63) is 48.0 Å². The molecular formula is C31H43N5O6. The number of methoxy groups -OCH3 is 1. The van der Waals surface area contributed by atoms with Gasteiger partial charge in [-0.3, -0.25) is 19.3 Å². The molecule has 2 aromatic carbocycles. The van der Waals surface area contributed by atoms with E-state index in [0.29, 0.717) is 17.8 Å². The Balaban J connectivity index is 1.42. The standard InChI is InChI=1S/C31H43N5O6/c1-3-42-30(38)12-11-29(37)33-24-9-10-26(25(23-24)31(39)32-13-6-14-34-19-21-41-22-20-34)35-15-17-36(18-16-35)27-7-4-5-8-28(27)40-2/h4-5,7-10,23H,3,6,11-22H2,1-2H3,(H,32,39)(H,33,37). The lowest BCUT2D eigenvalue weighted by Crippen LogP contribution is -2.47. The SMILES string of the molecule is CCOC(=O)CCC(=O)Nc1ccc(N2CCN(c3ccccc3OC)CC2)c(C(=O)NCCCN2CCOCC2)c1. The van der Waals surface area contributed by atoms with Crippen molar-refractivity contribution in [1.82, 2.24) is 10.2 Å². The number of ether oxygens (including phenoxy) is 3. The highest BCUT2D eigenvalue weighted by Gasteiger charge is 2.24. The van der Waals surface area contributed by atoms with Gasteiger partial charge < -0.3 is 34.6 Å². The smallest absolute Gasteiger partial charge is 0.306 e. The van der Waals surface area contributed by atoms with E-state index in [1.807, 2.05) is 24.3 Å². The summed E-state index contributed by atoms with van der Waals surface area (Å²) < 4.78 is 15.9. The second kappa shape index (κ2) is 16.0. The summed E-state index contributed by atoms with van der Waals surface area (Å²) in [5, 5.41) is 5.91. The summed E-state index contributed by atoms with van der Waals surface area (Å²) in [6.45, 7) is 9.77. The minimum Gasteiger partial charge on any atom is -0.495 e. The Morgan fingerprint density at radius 1 is 0.905 bits per heavy atom. The molecule has 2 aromatic rings. The van der Waals surface area contributed by atoms with E-state index in [9.17, 15) is 14.4 Å². The highest BCUT2D eigenvalue weighted by atomic mass is 16.5. The molecule has 0 aliphatic carbocycles. The molecule has 2 aliphatic heterocycles. The van der Waals surface area contributed by atoms with E-state index in [0.717, 1.165) is 82.6 Å². The van der Waals surface area contributed by atoms with Crippen molar-refractivity contribution < 1.29 is 28.6 Å². The van der Waals surface area contributed by atoms with E-state index in [-0.39, 0.29) is 31.3 Å². The van der Waals surface area contributed by atoms with Crippen LogP contribution >= 0.6 is 0 Å². The third-order valence-electron chi connectivity index (χ3n) is 7.47. The van der Waals surface area contributed by atoms with E-state index in [1.165, 1.54) is 0 Å². The number of piperazine rings is 1. The van der Waals surface area contributed by atoms with Crippen LogP contribution in [-0.2, 0) is 19.1 Å². The second-order valence-corrected chi connectivity index (χ2v) is 10.3. The van der Waals surface area contributed by atoms with Crippen molar-refractivity contribution in [3.63, 3.8) is 0 Å². The number of rotatable bonds is 13. The summed E-state index contributed by atoms with van der Waals surface area (Å²) >= 11 is 0. The van der Waals surface area contributed by atoms with E-state index in [2.05, 4.69) is 31.4 Å². The van der Waals surface area contributed by atoms with Crippen LogP contribution < -0.4 is 25.2 Å². The van der Waals surface area contributed by atoms with Gasteiger partial charge >= 0.3 is 5.97 Å². The summed E-state index contributed by atoms with van der Waals surface area (Å²) in [4.78, 5) is 44.5. The molecule has 0 aromatic heterocycles. The first kappa shape index (κ1) is 31.1. The molecule has 2 fully saturated rings. The van der Waals surface area contributed by atoms with Gasteiger partial charge in [0.25, 0.3) is 5.91 Å². The van der Waals surface area contributed by atoms with Gasteiger partial charge in [0, 0.05) is 63.6 Å². The number of hydrogen-bond donors (Lipinski definition) is 2. The molecule has 2 amide bonds. The van der Waals surface area contributed by atoms with E-state index in [1.54, 1.807) is 26.2 Å². The zero-order chi connectivity index (χ0) is 29.7. The summed E-state index contributed by atoms with van der Waals surface area (Å²) in [5.74, 6) is -0.0570. The number of esters is 1. The van der Waals surface area contributed by atoms with Gasteiger partial charge in [-0.05, 0) is 50.2 Å². The molecule has 0 saturated carbocycles. The zero-order valence-electron chi connectivity index (χ0n) is 24.7. The van der Waals surface area contributed by atoms with Gasteiger partial charge in [-0.25, -0.2) is 0 Å². The number of carbonyl (C=O) groups is 3. The van der Waals surface area contributed by atoms with Crippen molar-refractivity contribution in [2.45, 2.75) is 26.2 Å². The molecule has 2 N–H and O–H groups in total. The summed E-state index contributed by atoms with van der Waals surface area (Å²) in [5.41, 5.74) is 2.90. The Morgan fingerprint density at radius 3 is 2.33 bits per heavy atom. The number of carbonyl (C=O) groups excluding carboxylic acids is 3. The molecule has 0 bridgehead atoms. The van der Waals surface area contributed by atoms with Crippen LogP contribution in [0.5, 0.6) is 5.75 Å². The molecule has 0 spiro atoms. The number of para-hydroxylation sites is 2. The van der Waals surface area contributed by atoms with Crippen LogP contribution in [0.25, 0.3) is 0 Å². The number of hydrogen-bond acceptors (Lipinski definition) is 9. The quantitative estimate of drug-likeness (QED) is 0.272. The predicted octanol–water partition coefficient (Wildman–Crippen LogP) is 2.76. The van der Waals surface area contributed by atoms with E-state index in [4.69, 9.17) is 14.2 Å². The van der Waals surface area contributed by atoms with Crippen LogP contribution in [0.4, 0.5) is 17.1 Å². The van der Waals surface area contributed by atoms with Crippen molar-refractivity contribution in [2.24, 2.45) is 0 Å². The van der Waals surface area contributed by atoms with Crippen LogP contribution in [0.1, 0.15) is 36.5 Å². The lowest BCUT2D eigenvalue weighted by molar-refractivity contribution is -0.144. The molecule has 0 unspecified atom stereocenters. The monoisotopic (exact) mass is 581 g/mol. The molecule has 2 saturated heterocycles. The highest BCUT2D eigenvalue weighted by molar-refractivity contribution is 6.02. The topological polar surface area (TPSA) is 113 Å². The Bertz CT molecular complexity index is 1190. The number of nitrogens with zero attached hydrogens (tertiary/aromatic N) is 3. The third-order valence-corrected chi connectivity index (χ3v) is 7.47. The summed E-state index contributed by atoms with van der Waals surface area (Å²) in [6, 6.07) is 13.4. The van der Waals surface area contributed by atoms with Gasteiger partial charge in [0.15, 0.2) is 0 Å². The summed E-state index contributed by atoms with van der Waals surface area (Å²) in [7, 11) is 1.68. The highest BCUT2D eigenvalue weighted by Crippen LogP contribution is 2.31. The normalized spacial score (nSPS) is 15.7. The Labute approximate surface area is 248 Å². The fourth-order valence-electron chi connectivity index (χ4n) is 5.25. The van der Waals surface area contributed by atoms with E-state index < -0.39 is 5.97 Å². The minimum atomic E-state index is -0.410. The lowest BCUT2D eigenvalue weighted by atomic mass is 10.1. The number of benzene rings is 2. The van der Waals surface area contributed by atoms with E-state index >= 15 is 0 Å². The molecule has 2 aliphatic rings. The average Bonchev–Trinajstić information content (AvgIpc) is 3.03. The maximum absolute atomic E-state index is 13.5. The molecule has 4 rings (SSSR count). The fourth-order valence-corrected chi connectivity index (χ4v) is 5.25. The molecule has 2 heterocycles. The fraction of sp³-hybridized carbons (Fsp3) is 0.516. The Hall–Kier alpha value is -3.83. The molecular weight excluding hydrogens is 538 g/mol. The van der Waals surface area contributed by atoms with Crippen molar-refractivity contribution in [1.29, 1.82) is 0 Å². The average molecular weight is 582 g/mol. The van der Waals surface area contributed by atoms with Crippen molar-refractivity contribution in [2.75, 3.05) is 94.4 Å². The molecule has 42 heavy (non-hydrogen) atoms. The van der Waals surface area contributed by atoms with Gasteiger partial charge in [0.05, 0.1) is 44.6 Å². The van der Waals surface area contributed by atoms with Gasteiger partial charge in [0.2, 0.25) is 5.91 Å². The lowest BCUT2D eigenvalue weighted by Gasteiger charge is -2.38. The first-order valence-electron chi connectivity index (χ1n) is 14.8. The first-order chi connectivity index (χ1) is 20.5. The molecule has 228 valence electrons. The van der Waals surface area contributed by atoms with Crippen LogP contribution in [-0.4, -0.2) is 102 Å². The number of nitrogens with one attached hydrogen (secondary N) is 2.